The van der Waals surface area contributed by atoms with E-state index in [1.807, 2.05) is 23.0 Å². The Hall–Kier alpha value is -1.91. The molecule has 0 saturated heterocycles. The maximum Gasteiger partial charge on any atom is 0.136 e. The number of aromatic nitrogens is 4. The van der Waals surface area contributed by atoms with Gasteiger partial charge < -0.3 is 5.32 Å². The van der Waals surface area contributed by atoms with Crippen LogP contribution < -0.4 is 5.32 Å². The molecule has 0 aliphatic heterocycles. The first-order valence-electron chi connectivity index (χ1n) is 7.61. The number of anilines is 1. The minimum atomic E-state index is -0.0876. The highest BCUT2D eigenvalue weighted by Gasteiger charge is 2.20. The van der Waals surface area contributed by atoms with Gasteiger partial charge in [-0.3, -0.25) is 4.68 Å². The molecule has 0 saturated carbocycles. The molecule has 5 nitrogen and oxygen atoms in total. The Bertz CT molecular complexity index is 595. The van der Waals surface area contributed by atoms with Crippen LogP contribution in [0.3, 0.4) is 0 Å². The fourth-order valence-corrected chi connectivity index (χ4v) is 2.06. The maximum atomic E-state index is 4.75. The summed E-state index contributed by atoms with van der Waals surface area (Å²) in [6, 6.07) is 4.01. The summed E-state index contributed by atoms with van der Waals surface area (Å²) in [6.45, 7) is 12.4. The predicted molar refractivity (Wildman–Crippen MR) is 86.4 cm³/mol. The van der Waals surface area contributed by atoms with Gasteiger partial charge in [-0.25, -0.2) is 9.97 Å². The molecule has 5 heteroatoms. The molecule has 0 atom stereocenters. The summed E-state index contributed by atoms with van der Waals surface area (Å²) >= 11 is 0. The van der Waals surface area contributed by atoms with Gasteiger partial charge in [-0.05, 0) is 19.4 Å². The van der Waals surface area contributed by atoms with Crippen molar-refractivity contribution in [1.29, 1.82) is 0 Å². The van der Waals surface area contributed by atoms with Gasteiger partial charge in [0.2, 0.25) is 0 Å². The Morgan fingerprint density at radius 2 is 1.95 bits per heavy atom. The lowest BCUT2D eigenvalue weighted by Gasteiger charge is -2.19. The van der Waals surface area contributed by atoms with Crippen molar-refractivity contribution in [2.45, 2.75) is 53.0 Å². The topological polar surface area (TPSA) is 55.6 Å². The number of hydrogen-bond donors (Lipinski definition) is 1. The van der Waals surface area contributed by atoms with E-state index < -0.39 is 0 Å². The first kappa shape index (κ1) is 15.5. The monoisotopic (exact) mass is 287 g/mol. The molecule has 0 spiro atoms. The van der Waals surface area contributed by atoms with Gasteiger partial charge in [0.25, 0.3) is 0 Å². The van der Waals surface area contributed by atoms with Crippen molar-refractivity contribution < 1.29 is 0 Å². The highest BCUT2D eigenvalue weighted by atomic mass is 15.3. The summed E-state index contributed by atoms with van der Waals surface area (Å²) < 4.78 is 1.96. The standard InChI is InChI=1S/C16H25N5/c1-6-9-17-14-11-12(13-8-10-18-21(13)7-2)19-15(20-14)16(3,4)5/h8,10-11H,6-7,9H2,1-5H3,(H,17,19,20). The molecule has 0 aliphatic carbocycles. The number of rotatable bonds is 5. The Balaban J connectivity index is 2.49. The van der Waals surface area contributed by atoms with Crippen molar-refractivity contribution in [3.8, 4) is 11.4 Å². The van der Waals surface area contributed by atoms with Gasteiger partial charge in [-0.2, -0.15) is 5.10 Å². The normalized spacial score (nSPS) is 11.7. The van der Waals surface area contributed by atoms with E-state index in [1.165, 1.54) is 0 Å². The highest BCUT2D eigenvalue weighted by molar-refractivity contribution is 5.59. The van der Waals surface area contributed by atoms with E-state index in [4.69, 9.17) is 4.98 Å². The highest BCUT2D eigenvalue weighted by Crippen LogP contribution is 2.25. The zero-order valence-electron chi connectivity index (χ0n) is 13.6. The van der Waals surface area contributed by atoms with Gasteiger partial charge in [0.1, 0.15) is 11.6 Å². The van der Waals surface area contributed by atoms with E-state index in [1.54, 1.807) is 0 Å². The molecule has 2 heterocycles. The second kappa shape index (κ2) is 6.24. The zero-order chi connectivity index (χ0) is 15.5. The third-order valence-corrected chi connectivity index (χ3v) is 3.23. The van der Waals surface area contributed by atoms with Gasteiger partial charge in [0.05, 0.1) is 11.4 Å². The van der Waals surface area contributed by atoms with Crippen LogP contribution in [-0.2, 0) is 12.0 Å². The van der Waals surface area contributed by atoms with E-state index >= 15 is 0 Å². The van der Waals surface area contributed by atoms with Gasteiger partial charge in [-0.15, -0.1) is 0 Å². The van der Waals surface area contributed by atoms with Crippen molar-refractivity contribution >= 4 is 5.82 Å². The quantitative estimate of drug-likeness (QED) is 0.914. The van der Waals surface area contributed by atoms with Gasteiger partial charge in [-0.1, -0.05) is 27.7 Å². The molecule has 2 aromatic heterocycles. The van der Waals surface area contributed by atoms with Crippen LogP contribution in [0.4, 0.5) is 5.82 Å². The molecule has 114 valence electrons. The smallest absolute Gasteiger partial charge is 0.136 e. The van der Waals surface area contributed by atoms with E-state index in [-0.39, 0.29) is 5.41 Å². The fourth-order valence-electron chi connectivity index (χ4n) is 2.06. The molecule has 2 rings (SSSR count). The third kappa shape index (κ3) is 3.60. The van der Waals surface area contributed by atoms with E-state index in [0.717, 1.165) is 42.5 Å². The number of nitrogens with zero attached hydrogens (tertiary/aromatic N) is 4. The third-order valence-electron chi connectivity index (χ3n) is 3.23. The average Bonchev–Trinajstić information content (AvgIpc) is 2.92. The van der Waals surface area contributed by atoms with E-state index in [9.17, 15) is 0 Å². The van der Waals surface area contributed by atoms with Crippen LogP contribution in [0.15, 0.2) is 18.3 Å². The van der Waals surface area contributed by atoms with E-state index in [2.05, 4.69) is 50.0 Å². The molecule has 1 N–H and O–H groups in total. The summed E-state index contributed by atoms with van der Waals surface area (Å²) in [5, 5.41) is 7.70. The summed E-state index contributed by atoms with van der Waals surface area (Å²) in [5.41, 5.74) is 1.87. The minimum Gasteiger partial charge on any atom is -0.370 e. The lowest BCUT2D eigenvalue weighted by atomic mass is 9.95. The van der Waals surface area contributed by atoms with Crippen LogP contribution in [0.25, 0.3) is 11.4 Å². The molecule has 0 amide bonds. The first-order valence-corrected chi connectivity index (χ1v) is 7.61. The molecular weight excluding hydrogens is 262 g/mol. The molecular formula is C16H25N5. The van der Waals surface area contributed by atoms with Crippen LogP contribution in [0.1, 0.15) is 46.9 Å². The Morgan fingerprint density at radius 3 is 2.57 bits per heavy atom. The van der Waals surface area contributed by atoms with Crippen molar-refractivity contribution in [1.82, 2.24) is 19.7 Å². The Morgan fingerprint density at radius 1 is 1.19 bits per heavy atom. The number of nitrogens with one attached hydrogen (secondary N) is 1. The minimum absolute atomic E-state index is 0.0876. The molecule has 2 aromatic rings. The number of aryl methyl sites for hydroxylation is 1. The van der Waals surface area contributed by atoms with Crippen LogP contribution >= 0.6 is 0 Å². The molecule has 0 fully saturated rings. The Labute approximate surface area is 126 Å². The SMILES string of the molecule is CCCNc1cc(-c2ccnn2CC)nc(C(C)(C)C)n1. The van der Waals surface area contributed by atoms with Gasteiger partial charge in [0, 0.05) is 30.8 Å². The first-order chi connectivity index (χ1) is 9.95. The van der Waals surface area contributed by atoms with Gasteiger partial charge in [0.15, 0.2) is 0 Å². The molecule has 0 aromatic carbocycles. The van der Waals surface area contributed by atoms with Crippen molar-refractivity contribution in [3.63, 3.8) is 0 Å². The molecule has 0 unspecified atom stereocenters. The summed E-state index contributed by atoms with van der Waals surface area (Å²) in [7, 11) is 0. The van der Waals surface area contributed by atoms with Crippen molar-refractivity contribution in [3.05, 3.63) is 24.2 Å². The van der Waals surface area contributed by atoms with Crippen LogP contribution in [-0.4, -0.2) is 26.3 Å². The largest absolute Gasteiger partial charge is 0.370 e. The van der Waals surface area contributed by atoms with Crippen LogP contribution in [0, 0.1) is 0 Å². The summed E-state index contributed by atoms with van der Waals surface area (Å²) in [5.74, 6) is 1.73. The second-order valence-electron chi connectivity index (χ2n) is 6.17. The Kier molecular flexibility index (Phi) is 4.60. The van der Waals surface area contributed by atoms with Gasteiger partial charge >= 0.3 is 0 Å². The summed E-state index contributed by atoms with van der Waals surface area (Å²) in [6.07, 6.45) is 2.88. The average molecular weight is 287 g/mol. The zero-order valence-corrected chi connectivity index (χ0v) is 13.6. The van der Waals surface area contributed by atoms with Crippen molar-refractivity contribution in [2.75, 3.05) is 11.9 Å². The van der Waals surface area contributed by atoms with Crippen LogP contribution in [0.5, 0.6) is 0 Å². The molecule has 0 aliphatic rings. The molecule has 21 heavy (non-hydrogen) atoms. The van der Waals surface area contributed by atoms with E-state index in [0.29, 0.717) is 0 Å². The molecule has 0 radical (unpaired) electrons. The van der Waals surface area contributed by atoms with Crippen molar-refractivity contribution in [2.24, 2.45) is 0 Å². The lowest BCUT2D eigenvalue weighted by Crippen LogP contribution is -2.18. The lowest BCUT2D eigenvalue weighted by molar-refractivity contribution is 0.546. The second-order valence-corrected chi connectivity index (χ2v) is 6.17. The molecule has 0 bridgehead atoms. The number of hydrogen-bond acceptors (Lipinski definition) is 4. The van der Waals surface area contributed by atoms with Crippen LogP contribution in [0.2, 0.25) is 0 Å². The fraction of sp³-hybridized carbons (Fsp3) is 0.562. The maximum absolute atomic E-state index is 4.75. The predicted octanol–water partition coefficient (Wildman–Crippen LogP) is 3.48. The summed E-state index contributed by atoms with van der Waals surface area (Å²) in [4.78, 5) is 9.41.